The SMILES string of the molecule is Cc1ccc(NC(=O)[C@H]2CNC[C@@H]2c2cnn(C)c2)cc1OC(F)F. The van der Waals surface area contributed by atoms with Crippen LogP contribution in [-0.2, 0) is 11.8 Å². The van der Waals surface area contributed by atoms with E-state index in [1.165, 1.54) is 6.07 Å². The minimum atomic E-state index is -2.90. The van der Waals surface area contributed by atoms with Crippen LogP contribution in [0.2, 0.25) is 0 Å². The Morgan fingerprint density at radius 2 is 2.24 bits per heavy atom. The molecule has 2 atom stereocenters. The Labute approximate surface area is 144 Å². The summed E-state index contributed by atoms with van der Waals surface area (Å²) in [5.74, 6) is -0.340. The molecule has 3 rings (SSSR count). The molecule has 134 valence electrons. The van der Waals surface area contributed by atoms with Crippen LogP contribution >= 0.6 is 0 Å². The summed E-state index contributed by atoms with van der Waals surface area (Å²) in [5, 5.41) is 10.2. The van der Waals surface area contributed by atoms with E-state index in [1.807, 2.05) is 13.2 Å². The quantitative estimate of drug-likeness (QED) is 0.868. The van der Waals surface area contributed by atoms with E-state index in [2.05, 4.69) is 20.5 Å². The van der Waals surface area contributed by atoms with Crippen molar-refractivity contribution in [1.29, 1.82) is 0 Å². The lowest BCUT2D eigenvalue weighted by atomic mass is 9.90. The first-order valence-electron chi connectivity index (χ1n) is 7.99. The monoisotopic (exact) mass is 350 g/mol. The minimum absolute atomic E-state index is 0.0240. The van der Waals surface area contributed by atoms with Gasteiger partial charge in [0, 0.05) is 44.0 Å². The molecule has 0 spiro atoms. The van der Waals surface area contributed by atoms with E-state index < -0.39 is 6.61 Å². The summed E-state index contributed by atoms with van der Waals surface area (Å²) in [6, 6.07) is 4.73. The highest BCUT2D eigenvalue weighted by Gasteiger charge is 2.34. The van der Waals surface area contributed by atoms with Crippen molar-refractivity contribution in [3.8, 4) is 5.75 Å². The van der Waals surface area contributed by atoms with Gasteiger partial charge < -0.3 is 15.4 Å². The molecule has 6 nitrogen and oxygen atoms in total. The lowest BCUT2D eigenvalue weighted by Gasteiger charge is -2.18. The number of hydrogen-bond acceptors (Lipinski definition) is 4. The van der Waals surface area contributed by atoms with Crippen LogP contribution in [0.1, 0.15) is 17.0 Å². The number of carbonyl (C=O) groups is 1. The molecule has 0 bridgehead atoms. The zero-order valence-corrected chi connectivity index (χ0v) is 14.0. The molecule has 8 heteroatoms. The van der Waals surface area contributed by atoms with Gasteiger partial charge in [-0.15, -0.1) is 0 Å². The number of ether oxygens (including phenoxy) is 1. The second-order valence-electron chi connectivity index (χ2n) is 6.17. The number of benzene rings is 1. The highest BCUT2D eigenvalue weighted by atomic mass is 19.3. The third kappa shape index (κ3) is 3.96. The predicted octanol–water partition coefficient (Wildman–Crippen LogP) is 2.27. The molecule has 2 aromatic rings. The number of hydrogen-bond donors (Lipinski definition) is 2. The van der Waals surface area contributed by atoms with E-state index in [0.29, 0.717) is 24.3 Å². The molecule has 0 unspecified atom stereocenters. The Kier molecular flexibility index (Phi) is 4.98. The molecule has 1 saturated heterocycles. The van der Waals surface area contributed by atoms with E-state index in [1.54, 1.807) is 29.9 Å². The fourth-order valence-electron chi connectivity index (χ4n) is 3.07. The maximum absolute atomic E-state index is 12.7. The summed E-state index contributed by atoms with van der Waals surface area (Å²) in [6.07, 6.45) is 3.66. The van der Waals surface area contributed by atoms with Crippen LogP contribution in [0.25, 0.3) is 0 Å². The standard InChI is InChI=1S/C17H20F2N4O2/c1-10-3-4-12(5-15(10)25-17(18)19)22-16(24)14-8-20-7-13(14)11-6-21-23(2)9-11/h3-6,9,13-14,17,20H,7-8H2,1-2H3,(H,22,24)/t13-,14+/m1/s1. The Bertz CT molecular complexity index is 763. The summed E-state index contributed by atoms with van der Waals surface area (Å²) in [5.41, 5.74) is 2.01. The summed E-state index contributed by atoms with van der Waals surface area (Å²) in [7, 11) is 1.83. The van der Waals surface area contributed by atoms with Crippen LogP contribution in [0.3, 0.4) is 0 Å². The Morgan fingerprint density at radius 3 is 2.92 bits per heavy atom. The molecule has 1 aliphatic rings. The van der Waals surface area contributed by atoms with Crippen LogP contribution in [0.5, 0.6) is 5.75 Å². The third-order valence-electron chi connectivity index (χ3n) is 4.38. The van der Waals surface area contributed by atoms with Gasteiger partial charge in [-0.25, -0.2) is 0 Å². The summed E-state index contributed by atoms with van der Waals surface area (Å²) in [4.78, 5) is 12.7. The van der Waals surface area contributed by atoms with Gasteiger partial charge in [0.25, 0.3) is 0 Å². The van der Waals surface area contributed by atoms with Crippen molar-refractivity contribution >= 4 is 11.6 Å². The number of amides is 1. The highest BCUT2D eigenvalue weighted by Crippen LogP contribution is 2.30. The van der Waals surface area contributed by atoms with Crippen molar-refractivity contribution in [2.24, 2.45) is 13.0 Å². The van der Waals surface area contributed by atoms with Gasteiger partial charge in [-0.05, 0) is 24.1 Å². The van der Waals surface area contributed by atoms with Crippen LogP contribution in [0.4, 0.5) is 14.5 Å². The van der Waals surface area contributed by atoms with Gasteiger partial charge in [-0.2, -0.15) is 13.9 Å². The van der Waals surface area contributed by atoms with E-state index in [-0.39, 0.29) is 23.5 Å². The number of nitrogens with zero attached hydrogens (tertiary/aromatic N) is 2. The summed E-state index contributed by atoms with van der Waals surface area (Å²) < 4.78 is 31.1. The van der Waals surface area contributed by atoms with Crippen molar-refractivity contribution in [2.45, 2.75) is 19.5 Å². The average Bonchev–Trinajstić information content (AvgIpc) is 3.18. The number of alkyl halides is 2. The molecule has 2 heterocycles. The Hall–Kier alpha value is -2.48. The van der Waals surface area contributed by atoms with E-state index in [0.717, 1.165) is 5.56 Å². The van der Waals surface area contributed by atoms with Crippen molar-refractivity contribution < 1.29 is 18.3 Å². The van der Waals surface area contributed by atoms with Gasteiger partial charge in [-0.3, -0.25) is 9.48 Å². The molecule has 1 fully saturated rings. The Morgan fingerprint density at radius 1 is 1.44 bits per heavy atom. The van der Waals surface area contributed by atoms with Crippen LogP contribution < -0.4 is 15.4 Å². The Balaban J connectivity index is 1.73. The largest absolute Gasteiger partial charge is 0.434 e. The summed E-state index contributed by atoms with van der Waals surface area (Å²) >= 11 is 0. The lowest BCUT2D eigenvalue weighted by molar-refractivity contribution is -0.119. The smallest absolute Gasteiger partial charge is 0.387 e. The first-order chi connectivity index (χ1) is 11.9. The van der Waals surface area contributed by atoms with Gasteiger partial charge >= 0.3 is 6.61 Å². The van der Waals surface area contributed by atoms with Gasteiger partial charge in [-0.1, -0.05) is 6.07 Å². The highest BCUT2D eigenvalue weighted by molar-refractivity contribution is 5.93. The van der Waals surface area contributed by atoms with Crippen molar-refractivity contribution in [2.75, 3.05) is 18.4 Å². The van der Waals surface area contributed by atoms with Gasteiger partial charge in [0.05, 0.1) is 12.1 Å². The molecule has 0 aliphatic carbocycles. The van der Waals surface area contributed by atoms with E-state index >= 15 is 0 Å². The summed E-state index contributed by atoms with van der Waals surface area (Å²) in [6.45, 7) is 0.0104. The number of nitrogens with one attached hydrogen (secondary N) is 2. The fourth-order valence-corrected chi connectivity index (χ4v) is 3.07. The molecule has 0 radical (unpaired) electrons. The number of rotatable bonds is 5. The maximum atomic E-state index is 12.7. The molecular formula is C17H20F2N4O2. The minimum Gasteiger partial charge on any atom is -0.434 e. The topological polar surface area (TPSA) is 68.2 Å². The number of aromatic nitrogens is 2. The second-order valence-corrected chi connectivity index (χ2v) is 6.17. The fraction of sp³-hybridized carbons (Fsp3) is 0.412. The normalized spacial score (nSPS) is 20.0. The van der Waals surface area contributed by atoms with Gasteiger partial charge in [0.2, 0.25) is 5.91 Å². The number of halogens is 2. The molecule has 1 amide bonds. The molecular weight excluding hydrogens is 330 g/mol. The van der Waals surface area contributed by atoms with Crippen LogP contribution in [-0.4, -0.2) is 35.4 Å². The predicted molar refractivity (Wildman–Crippen MR) is 88.7 cm³/mol. The zero-order chi connectivity index (χ0) is 18.0. The van der Waals surface area contributed by atoms with Gasteiger partial charge in [0.1, 0.15) is 5.75 Å². The molecule has 0 saturated carbocycles. The maximum Gasteiger partial charge on any atom is 0.387 e. The molecule has 25 heavy (non-hydrogen) atoms. The van der Waals surface area contributed by atoms with Crippen LogP contribution in [0.15, 0.2) is 30.6 Å². The van der Waals surface area contributed by atoms with Crippen LogP contribution in [0, 0.1) is 12.8 Å². The van der Waals surface area contributed by atoms with Crippen molar-refractivity contribution in [3.05, 3.63) is 41.7 Å². The number of aryl methyl sites for hydroxylation is 2. The molecule has 1 aliphatic heterocycles. The third-order valence-corrected chi connectivity index (χ3v) is 4.38. The van der Waals surface area contributed by atoms with Gasteiger partial charge in [0.15, 0.2) is 0 Å². The molecule has 1 aromatic carbocycles. The van der Waals surface area contributed by atoms with Crippen molar-refractivity contribution in [1.82, 2.24) is 15.1 Å². The number of anilines is 1. The molecule has 2 N–H and O–H groups in total. The van der Waals surface area contributed by atoms with E-state index in [4.69, 9.17) is 0 Å². The second kappa shape index (κ2) is 7.18. The lowest BCUT2D eigenvalue weighted by Crippen LogP contribution is -2.28. The first-order valence-corrected chi connectivity index (χ1v) is 7.99. The number of carbonyl (C=O) groups excluding carboxylic acids is 1. The average molecular weight is 350 g/mol. The van der Waals surface area contributed by atoms with E-state index in [9.17, 15) is 13.6 Å². The zero-order valence-electron chi connectivity index (χ0n) is 14.0. The van der Waals surface area contributed by atoms with Crippen molar-refractivity contribution in [3.63, 3.8) is 0 Å². The first kappa shape index (κ1) is 17.3. The molecule has 1 aromatic heterocycles.